The summed E-state index contributed by atoms with van der Waals surface area (Å²) < 4.78 is 7.23. The lowest BCUT2D eigenvalue weighted by Crippen LogP contribution is -1.91. The first kappa shape index (κ1) is 10.3. The third-order valence-electron chi connectivity index (χ3n) is 2.36. The highest BCUT2D eigenvalue weighted by molar-refractivity contribution is 5.71. The maximum atomic E-state index is 5.42. The summed E-state index contributed by atoms with van der Waals surface area (Å²) in [6.07, 6.45) is 9.10. The number of benzene rings is 1. The molecular formula is C13H12N2O. The number of imidazole rings is 1. The van der Waals surface area contributed by atoms with Crippen LogP contribution in [0.25, 0.3) is 11.3 Å². The summed E-state index contributed by atoms with van der Waals surface area (Å²) >= 11 is 0. The fraction of sp³-hybridized carbons (Fsp3) is 0.154. The number of para-hydroxylation sites is 1. The van der Waals surface area contributed by atoms with Gasteiger partial charge in [0.15, 0.2) is 0 Å². The molecule has 16 heavy (non-hydrogen) atoms. The normalized spacial score (nSPS) is 9.81. The molecule has 0 aliphatic carbocycles. The highest BCUT2D eigenvalue weighted by Gasteiger charge is 2.10. The van der Waals surface area contributed by atoms with E-state index in [1.165, 1.54) is 0 Å². The van der Waals surface area contributed by atoms with E-state index in [1.54, 1.807) is 13.4 Å². The van der Waals surface area contributed by atoms with Crippen LogP contribution in [0.3, 0.4) is 0 Å². The number of nitrogens with zero attached hydrogens (tertiary/aromatic N) is 2. The van der Waals surface area contributed by atoms with E-state index in [0.717, 1.165) is 16.8 Å². The summed E-state index contributed by atoms with van der Waals surface area (Å²) in [5.74, 6) is 3.30. The first-order valence-corrected chi connectivity index (χ1v) is 4.88. The number of aromatic nitrogens is 2. The Bertz CT molecular complexity index is 549. The van der Waals surface area contributed by atoms with Gasteiger partial charge in [-0.2, -0.15) is 0 Å². The zero-order valence-corrected chi connectivity index (χ0v) is 9.27. The Morgan fingerprint density at radius 2 is 2.25 bits per heavy atom. The molecule has 1 aromatic heterocycles. The summed E-state index contributed by atoms with van der Waals surface area (Å²) in [5, 5.41) is 0. The molecule has 2 aromatic rings. The smallest absolute Gasteiger partial charge is 0.143 e. The molecule has 0 fully saturated rings. The van der Waals surface area contributed by atoms with E-state index in [9.17, 15) is 0 Å². The lowest BCUT2D eigenvalue weighted by atomic mass is 10.1. The van der Waals surface area contributed by atoms with Gasteiger partial charge in [-0.15, -0.1) is 6.42 Å². The third-order valence-corrected chi connectivity index (χ3v) is 2.36. The molecule has 0 spiro atoms. The average molecular weight is 212 g/mol. The summed E-state index contributed by atoms with van der Waals surface area (Å²) in [6, 6.07) is 5.70. The van der Waals surface area contributed by atoms with Gasteiger partial charge >= 0.3 is 0 Å². The van der Waals surface area contributed by atoms with Gasteiger partial charge in [-0.05, 0) is 12.1 Å². The van der Waals surface area contributed by atoms with E-state index in [0.29, 0.717) is 5.75 Å². The van der Waals surface area contributed by atoms with Gasteiger partial charge in [-0.3, -0.25) is 0 Å². The number of hydrogen-bond acceptors (Lipinski definition) is 2. The topological polar surface area (TPSA) is 27.1 Å². The standard InChI is InChI=1S/C13H12N2O/c1-4-10-6-5-7-11(13(10)16-3)12-8-15(2)9-14-12/h1,5-9H,2-3H3. The largest absolute Gasteiger partial charge is 0.495 e. The van der Waals surface area contributed by atoms with Gasteiger partial charge in [0, 0.05) is 18.8 Å². The molecule has 1 aromatic carbocycles. The minimum atomic E-state index is 0.698. The minimum Gasteiger partial charge on any atom is -0.495 e. The Morgan fingerprint density at radius 3 is 2.81 bits per heavy atom. The minimum absolute atomic E-state index is 0.698. The number of rotatable bonds is 2. The van der Waals surface area contributed by atoms with Crippen LogP contribution in [0, 0.1) is 12.3 Å². The molecule has 1 heterocycles. The number of terminal acetylenes is 1. The molecule has 0 unspecified atom stereocenters. The highest BCUT2D eigenvalue weighted by atomic mass is 16.5. The van der Waals surface area contributed by atoms with Crippen LogP contribution in [-0.2, 0) is 7.05 Å². The number of aryl methyl sites for hydroxylation is 1. The molecule has 0 N–H and O–H groups in total. The Hall–Kier alpha value is -2.21. The predicted molar refractivity (Wildman–Crippen MR) is 63.1 cm³/mol. The molecule has 0 radical (unpaired) electrons. The predicted octanol–water partition coefficient (Wildman–Crippen LogP) is 2.08. The van der Waals surface area contributed by atoms with Gasteiger partial charge in [0.05, 0.1) is 24.7 Å². The highest BCUT2D eigenvalue weighted by Crippen LogP contribution is 2.31. The van der Waals surface area contributed by atoms with Crippen molar-refractivity contribution in [2.75, 3.05) is 7.11 Å². The SMILES string of the molecule is C#Cc1cccc(-c2cn(C)cn2)c1OC. The molecule has 2 rings (SSSR count). The molecule has 80 valence electrons. The molecule has 3 heteroatoms. The van der Waals surface area contributed by atoms with Crippen molar-refractivity contribution in [3.8, 4) is 29.4 Å². The monoisotopic (exact) mass is 212 g/mol. The Balaban J connectivity index is 2.61. The Morgan fingerprint density at radius 1 is 1.44 bits per heavy atom. The van der Waals surface area contributed by atoms with E-state index in [-0.39, 0.29) is 0 Å². The van der Waals surface area contributed by atoms with Crippen LogP contribution in [0.4, 0.5) is 0 Å². The van der Waals surface area contributed by atoms with Crippen molar-refractivity contribution >= 4 is 0 Å². The van der Waals surface area contributed by atoms with Gasteiger partial charge in [0.2, 0.25) is 0 Å². The quantitative estimate of drug-likeness (QED) is 0.713. The van der Waals surface area contributed by atoms with Crippen LogP contribution >= 0.6 is 0 Å². The second-order valence-corrected chi connectivity index (χ2v) is 3.46. The molecule has 0 atom stereocenters. The van der Waals surface area contributed by atoms with E-state index >= 15 is 0 Å². The van der Waals surface area contributed by atoms with Gasteiger partial charge in [0.1, 0.15) is 5.75 Å². The maximum Gasteiger partial charge on any atom is 0.143 e. The van der Waals surface area contributed by atoms with Gasteiger partial charge in [0.25, 0.3) is 0 Å². The van der Waals surface area contributed by atoms with E-state index in [4.69, 9.17) is 11.2 Å². The Labute approximate surface area is 94.7 Å². The molecular weight excluding hydrogens is 200 g/mol. The third kappa shape index (κ3) is 1.66. The molecule has 0 aliphatic rings. The van der Waals surface area contributed by atoms with Crippen molar-refractivity contribution in [2.45, 2.75) is 0 Å². The van der Waals surface area contributed by atoms with Crippen molar-refractivity contribution in [1.82, 2.24) is 9.55 Å². The van der Waals surface area contributed by atoms with Crippen LogP contribution in [0.2, 0.25) is 0 Å². The van der Waals surface area contributed by atoms with Crippen molar-refractivity contribution in [3.63, 3.8) is 0 Å². The first-order valence-electron chi connectivity index (χ1n) is 4.88. The van der Waals surface area contributed by atoms with Crippen LogP contribution in [0.15, 0.2) is 30.7 Å². The fourth-order valence-corrected chi connectivity index (χ4v) is 1.62. The second-order valence-electron chi connectivity index (χ2n) is 3.46. The molecule has 3 nitrogen and oxygen atoms in total. The molecule has 0 saturated heterocycles. The lowest BCUT2D eigenvalue weighted by Gasteiger charge is -2.08. The van der Waals surface area contributed by atoms with Gasteiger partial charge < -0.3 is 9.30 Å². The number of ether oxygens (including phenoxy) is 1. The van der Waals surface area contributed by atoms with Crippen LogP contribution in [-0.4, -0.2) is 16.7 Å². The zero-order valence-electron chi connectivity index (χ0n) is 9.27. The molecule has 0 saturated carbocycles. The molecule has 0 amide bonds. The van der Waals surface area contributed by atoms with E-state index in [1.807, 2.05) is 36.0 Å². The van der Waals surface area contributed by atoms with Crippen molar-refractivity contribution < 1.29 is 4.74 Å². The van der Waals surface area contributed by atoms with Crippen LogP contribution in [0.1, 0.15) is 5.56 Å². The van der Waals surface area contributed by atoms with Gasteiger partial charge in [-0.25, -0.2) is 4.98 Å². The Kier molecular flexibility index (Phi) is 2.65. The summed E-state index contributed by atoms with van der Waals surface area (Å²) in [7, 11) is 3.54. The van der Waals surface area contributed by atoms with Crippen molar-refractivity contribution in [2.24, 2.45) is 7.05 Å². The van der Waals surface area contributed by atoms with Crippen molar-refractivity contribution in [3.05, 3.63) is 36.3 Å². The lowest BCUT2D eigenvalue weighted by molar-refractivity contribution is 0.415. The van der Waals surface area contributed by atoms with E-state index < -0.39 is 0 Å². The van der Waals surface area contributed by atoms with E-state index in [2.05, 4.69) is 10.9 Å². The number of hydrogen-bond donors (Lipinski definition) is 0. The zero-order chi connectivity index (χ0) is 11.5. The number of methoxy groups -OCH3 is 1. The molecule has 0 aliphatic heterocycles. The second kappa shape index (κ2) is 4.11. The first-order chi connectivity index (χ1) is 7.76. The average Bonchev–Trinajstić information content (AvgIpc) is 2.74. The molecule has 0 bridgehead atoms. The summed E-state index contributed by atoms with van der Waals surface area (Å²) in [4.78, 5) is 4.28. The van der Waals surface area contributed by atoms with Crippen LogP contribution in [0.5, 0.6) is 5.75 Å². The summed E-state index contributed by atoms with van der Waals surface area (Å²) in [6.45, 7) is 0. The van der Waals surface area contributed by atoms with Gasteiger partial charge in [-0.1, -0.05) is 12.0 Å². The maximum absolute atomic E-state index is 5.42. The fourth-order valence-electron chi connectivity index (χ4n) is 1.62. The summed E-state index contributed by atoms with van der Waals surface area (Å²) in [5.41, 5.74) is 2.51. The van der Waals surface area contributed by atoms with Crippen LogP contribution < -0.4 is 4.74 Å². The van der Waals surface area contributed by atoms with Crippen molar-refractivity contribution in [1.29, 1.82) is 0 Å².